The predicted octanol–water partition coefficient (Wildman–Crippen LogP) is 2.25. The molecule has 1 aromatic rings. The van der Waals surface area contributed by atoms with Crippen LogP contribution in [-0.2, 0) is 0 Å². The molecular weight excluding hydrogens is 242 g/mol. The lowest BCUT2D eigenvalue weighted by Crippen LogP contribution is -2.20. The van der Waals surface area contributed by atoms with Crippen LogP contribution in [0.25, 0.3) is 0 Å². The zero-order chi connectivity index (χ0) is 9.68. The van der Waals surface area contributed by atoms with Gasteiger partial charge < -0.3 is 10.0 Å². The molecule has 1 atom stereocenters. The van der Waals surface area contributed by atoms with E-state index in [1.165, 1.54) is 5.56 Å². The van der Waals surface area contributed by atoms with Gasteiger partial charge in [0.25, 0.3) is 0 Å². The lowest BCUT2D eigenvalue weighted by molar-refractivity contribution is 0.211. The first-order valence-electron chi connectivity index (χ1n) is 4.58. The van der Waals surface area contributed by atoms with Crippen LogP contribution in [0.4, 0.5) is 0 Å². The second-order valence-electron chi connectivity index (χ2n) is 3.40. The molecule has 2 nitrogen and oxygen atoms in total. The minimum Gasteiger partial charge on any atom is -0.396 e. The van der Waals surface area contributed by atoms with E-state index in [-0.39, 0.29) is 23.6 Å². The van der Waals surface area contributed by atoms with Crippen molar-refractivity contribution >= 4 is 17.0 Å². The van der Waals surface area contributed by atoms with Gasteiger partial charge in [-0.25, -0.2) is 0 Å². The fraction of sp³-hybridized carbons (Fsp3) is 0.455. The van der Waals surface area contributed by atoms with Crippen LogP contribution in [0.1, 0.15) is 18.0 Å². The monoisotopic (exact) mass is 259 g/mol. The van der Waals surface area contributed by atoms with Crippen molar-refractivity contribution in [1.82, 2.24) is 4.90 Å². The molecule has 1 aromatic carbocycles. The standard InChI is InChI=1S/C11H17NO.BrH/c1-12(2)11(8-9-13)10-6-4-3-5-7-10;/h3-7,11,13H,8-9H2,1-2H3;1H. The average Bonchev–Trinajstić information content (AvgIpc) is 2.15. The Kier molecular flexibility index (Phi) is 6.79. The van der Waals surface area contributed by atoms with Crippen LogP contribution in [-0.4, -0.2) is 30.7 Å². The smallest absolute Gasteiger partial charge is 0.0449 e. The Labute approximate surface area is 96.3 Å². The highest BCUT2D eigenvalue weighted by atomic mass is 79.9. The van der Waals surface area contributed by atoms with Crippen LogP contribution in [0.15, 0.2) is 30.3 Å². The topological polar surface area (TPSA) is 23.5 Å². The molecular formula is C11H18BrNO. The van der Waals surface area contributed by atoms with E-state index in [0.717, 1.165) is 6.42 Å². The van der Waals surface area contributed by atoms with Crippen molar-refractivity contribution in [3.63, 3.8) is 0 Å². The Hall–Kier alpha value is -0.380. The first kappa shape index (κ1) is 13.6. The fourth-order valence-electron chi connectivity index (χ4n) is 1.52. The molecule has 0 heterocycles. The summed E-state index contributed by atoms with van der Waals surface area (Å²) in [5.74, 6) is 0. The van der Waals surface area contributed by atoms with Gasteiger partial charge >= 0.3 is 0 Å². The number of halogens is 1. The van der Waals surface area contributed by atoms with E-state index >= 15 is 0 Å². The minimum absolute atomic E-state index is 0. The molecule has 1 unspecified atom stereocenters. The summed E-state index contributed by atoms with van der Waals surface area (Å²) < 4.78 is 0. The normalized spacial score (nSPS) is 12.3. The van der Waals surface area contributed by atoms with Gasteiger partial charge in [0, 0.05) is 12.6 Å². The van der Waals surface area contributed by atoms with E-state index in [1.54, 1.807) is 0 Å². The van der Waals surface area contributed by atoms with Gasteiger partial charge in [0.1, 0.15) is 0 Å². The van der Waals surface area contributed by atoms with Crippen LogP contribution >= 0.6 is 17.0 Å². The number of hydrogen-bond acceptors (Lipinski definition) is 2. The molecule has 3 heteroatoms. The molecule has 0 saturated heterocycles. The van der Waals surface area contributed by atoms with E-state index in [2.05, 4.69) is 17.0 Å². The van der Waals surface area contributed by atoms with Crippen LogP contribution in [0.3, 0.4) is 0 Å². The largest absolute Gasteiger partial charge is 0.396 e. The quantitative estimate of drug-likeness (QED) is 0.897. The van der Waals surface area contributed by atoms with Crippen molar-refractivity contribution < 1.29 is 5.11 Å². The molecule has 0 amide bonds. The lowest BCUT2D eigenvalue weighted by Gasteiger charge is -2.23. The van der Waals surface area contributed by atoms with Crippen LogP contribution in [0.5, 0.6) is 0 Å². The van der Waals surface area contributed by atoms with E-state index in [0.29, 0.717) is 6.04 Å². The Bertz CT molecular complexity index is 238. The van der Waals surface area contributed by atoms with E-state index in [4.69, 9.17) is 5.11 Å². The van der Waals surface area contributed by atoms with Crippen molar-refractivity contribution in [3.8, 4) is 0 Å². The molecule has 0 saturated carbocycles. The molecule has 1 N–H and O–H groups in total. The van der Waals surface area contributed by atoms with Crippen molar-refractivity contribution in [2.24, 2.45) is 0 Å². The number of rotatable bonds is 4. The number of benzene rings is 1. The third-order valence-corrected chi connectivity index (χ3v) is 2.21. The summed E-state index contributed by atoms with van der Waals surface area (Å²) in [6, 6.07) is 10.6. The van der Waals surface area contributed by atoms with Gasteiger partial charge in [-0.05, 0) is 26.1 Å². The molecule has 14 heavy (non-hydrogen) atoms. The van der Waals surface area contributed by atoms with Gasteiger partial charge in [0.15, 0.2) is 0 Å². The summed E-state index contributed by atoms with van der Waals surface area (Å²) in [5, 5.41) is 8.92. The Morgan fingerprint density at radius 3 is 2.21 bits per heavy atom. The van der Waals surface area contributed by atoms with Gasteiger partial charge in [-0.1, -0.05) is 30.3 Å². The van der Waals surface area contributed by atoms with Crippen LogP contribution < -0.4 is 0 Å². The Morgan fingerprint density at radius 2 is 1.79 bits per heavy atom. The number of hydrogen-bond donors (Lipinski definition) is 1. The molecule has 0 aliphatic heterocycles. The maximum absolute atomic E-state index is 8.92. The van der Waals surface area contributed by atoms with Gasteiger partial charge in [0.2, 0.25) is 0 Å². The predicted molar refractivity (Wildman–Crippen MR) is 64.9 cm³/mol. The maximum atomic E-state index is 8.92. The summed E-state index contributed by atoms with van der Waals surface area (Å²) >= 11 is 0. The van der Waals surface area contributed by atoms with E-state index in [1.807, 2.05) is 32.3 Å². The van der Waals surface area contributed by atoms with Crippen molar-refractivity contribution in [2.45, 2.75) is 12.5 Å². The highest BCUT2D eigenvalue weighted by Crippen LogP contribution is 2.20. The average molecular weight is 260 g/mol. The highest BCUT2D eigenvalue weighted by Gasteiger charge is 2.11. The third kappa shape index (κ3) is 3.78. The molecule has 0 fully saturated rings. The zero-order valence-electron chi connectivity index (χ0n) is 8.68. The summed E-state index contributed by atoms with van der Waals surface area (Å²) in [6.07, 6.45) is 0.789. The van der Waals surface area contributed by atoms with Gasteiger partial charge in [-0.15, -0.1) is 17.0 Å². The summed E-state index contributed by atoms with van der Waals surface area (Å²) in [5.41, 5.74) is 1.27. The minimum atomic E-state index is 0. The van der Waals surface area contributed by atoms with Crippen LogP contribution in [0.2, 0.25) is 0 Å². The third-order valence-electron chi connectivity index (χ3n) is 2.21. The molecule has 0 aliphatic rings. The molecule has 0 bridgehead atoms. The number of aliphatic hydroxyl groups is 1. The van der Waals surface area contributed by atoms with Crippen molar-refractivity contribution in [2.75, 3.05) is 20.7 Å². The summed E-state index contributed by atoms with van der Waals surface area (Å²) in [6.45, 7) is 0.234. The lowest BCUT2D eigenvalue weighted by atomic mass is 10.0. The molecule has 0 aliphatic carbocycles. The Morgan fingerprint density at radius 1 is 1.21 bits per heavy atom. The molecule has 80 valence electrons. The van der Waals surface area contributed by atoms with Crippen LogP contribution in [0, 0.1) is 0 Å². The Balaban J connectivity index is 0.00000169. The second-order valence-corrected chi connectivity index (χ2v) is 3.40. The van der Waals surface area contributed by atoms with E-state index < -0.39 is 0 Å². The number of nitrogens with zero attached hydrogens (tertiary/aromatic N) is 1. The molecule has 0 radical (unpaired) electrons. The second kappa shape index (κ2) is 6.98. The first-order valence-corrected chi connectivity index (χ1v) is 4.58. The fourth-order valence-corrected chi connectivity index (χ4v) is 1.52. The zero-order valence-corrected chi connectivity index (χ0v) is 10.4. The molecule has 0 aromatic heterocycles. The molecule has 1 rings (SSSR count). The first-order chi connectivity index (χ1) is 6.25. The molecule has 0 spiro atoms. The van der Waals surface area contributed by atoms with Gasteiger partial charge in [0.05, 0.1) is 0 Å². The number of aliphatic hydroxyl groups excluding tert-OH is 1. The van der Waals surface area contributed by atoms with Crippen molar-refractivity contribution in [3.05, 3.63) is 35.9 Å². The SMILES string of the molecule is Br.CN(C)C(CCO)c1ccccc1. The van der Waals surface area contributed by atoms with Gasteiger partial charge in [-0.2, -0.15) is 0 Å². The summed E-state index contributed by atoms with van der Waals surface area (Å²) in [7, 11) is 4.07. The summed E-state index contributed by atoms with van der Waals surface area (Å²) in [4.78, 5) is 2.13. The van der Waals surface area contributed by atoms with Crippen molar-refractivity contribution in [1.29, 1.82) is 0 Å². The maximum Gasteiger partial charge on any atom is 0.0449 e. The highest BCUT2D eigenvalue weighted by molar-refractivity contribution is 8.93. The van der Waals surface area contributed by atoms with Gasteiger partial charge in [-0.3, -0.25) is 0 Å². The van der Waals surface area contributed by atoms with E-state index in [9.17, 15) is 0 Å².